The van der Waals surface area contributed by atoms with E-state index in [-0.39, 0.29) is 30.5 Å². The summed E-state index contributed by atoms with van der Waals surface area (Å²) in [6.45, 7) is 1.64. The Kier molecular flexibility index (Phi) is 4.57. The van der Waals surface area contributed by atoms with E-state index >= 15 is 0 Å². The maximum Gasteiger partial charge on any atom is 0.258 e. The fraction of sp³-hybridized carbons (Fsp3) is 0.438. The van der Waals surface area contributed by atoms with E-state index in [9.17, 15) is 9.59 Å². The summed E-state index contributed by atoms with van der Waals surface area (Å²) in [6.07, 6.45) is 2.04. The van der Waals surface area contributed by atoms with Crippen LogP contribution in [0.4, 0.5) is 5.69 Å². The van der Waals surface area contributed by atoms with Gasteiger partial charge in [0.2, 0.25) is 0 Å². The number of hydrogen-bond donors (Lipinski definition) is 2. The van der Waals surface area contributed by atoms with Crippen molar-refractivity contribution >= 4 is 34.8 Å². The molecule has 1 saturated heterocycles. The van der Waals surface area contributed by atoms with Crippen LogP contribution in [-0.4, -0.2) is 42.7 Å². The summed E-state index contributed by atoms with van der Waals surface area (Å²) in [5.74, 6) is 0.559. The summed E-state index contributed by atoms with van der Waals surface area (Å²) in [4.78, 5) is 25.4. The molecule has 1 aliphatic carbocycles. The molecule has 24 heavy (non-hydrogen) atoms. The number of thiocarbonyl (C=S) groups is 1. The monoisotopic (exact) mass is 349 g/mol. The molecule has 1 aromatic rings. The SMILES string of the molecule is COc1ccc(N2C(=O)[C@H](C)NC2=S)cc1OCC(=O)NC1CC1. The maximum absolute atomic E-state index is 12.2. The number of rotatable bonds is 6. The minimum absolute atomic E-state index is 0.108. The molecular formula is C16H19N3O4S. The predicted octanol–water partition coefficient (Wildman–Crippen LogP) is 0.962. The van der Waals surface area contributed by atoms with Crippen molar-refractivity contribution in [2.45, 2.75) is 31.8 Å². The molecule has 2 N–H and O–H groups in total. The third-order valence-electron chi connectivity index (χ3n) is 3.84. The molecule has 0 aromatic heterocycles. The van der Waals surface area contributed by atoms with Crippen LogP contribution in [0.25, 0.3) is 0 Å². The Labute approximate surface area is 145 Å². The highest BCUT2D eigenvalue weighted by molar-refractivity contribution is 7.80. The molecule has 0 unspecified atom stereocenters. The minimum atomic E-state index is -0.367. The lowest BCUT2D eigenvalue weighted by atomic mass is 10.2. The van der Waals surface area contributed by atoms with Crippen LogP contribution in [0.2, 0.25) is 0 Å². The molecule has 0 radical (unpaired) electrons. The van der Waals surface area contributed by atoms with Gasteiger partial charge < -0.3 is 20.1 Å². The van der Waals surface area contributed by atoms with E-state index in [0.29, 0.717) is 22.3 Å². The molecule has 2 aliphatic rings. The first-order chi connectivity index (χ1) is 11.5. The van der Waals surface area contributed by atoms with Crippen molar-refractivity contribution in [1.29, 1.82) is 0 Å². The van der Waals surface area contributed by atoms with Crippen molar-refractivity contribution in [1.82, 2.24) is 10.6 Å². The largest absolute Gasteiger partial charge is 0.493 e. The summed E-state index contributed by atoms with van der Waals surface area (Å²) < 4.78 is 10.8. The van der Waals surface area contributed by atoms with Gasteiger partial charge in [-0.15, -0.1) is 0 Å². The number of benzene rings is 1. The summed E-state index contributed by atoms with van der Waals surface area (Å²) >= 11 is 5.20. The fourth-order valence-electron chi connectivity index (χ4n) is 2.41. The second-order valence-corrected chi connectivity index (χ2v) is 6.20. The number of carbonyl (C=O) groups excluding carboxylic acids is 2. The molecule has 1 saturated carbocycles. The molecule has 2 fully saturated rings. The van der Waals surface area contributed by atoms with E-state index in [2.05, 4.69) is 10.6 Å². The molecular weight excluding hydrogens is 330 g/mol. The van der Waals surface area contributed by atoms with Gasteiger partial charge >= 0.3 is 0 Å². The Morgan fingerprint density at radius 2 is 2.17 bits per heavy atom. The molecule has 2 amide bonds. The molecule has 1 heterocycles. The van der Waals surface area contributed by atoms with Crippen molar-refractivity contribution in [2.24, 2.45) is 0 Å². The van der Waals surface area contributed by atoms with Crippen LogP contribution in [0.15, 0.2) is 18.2 Å². The number of nitrogens with zero attached hydrogens (tertiary/aromatic N) is 1. The van der Waals surface area contributed by atoms with E-state index in [4.69, 9.17) is 21.7 Å². The highest BCUT2D eigenvalue weighted by atomic mass is 32.1. The van der Waals surface area contributed by atoms with Gasteiger partial charge in [0.25, 0.3) is 11.8 Å². The zero-order valence-corrected chi connectivity index (χ0v) is 14.3. The fourth-order valence-corrected chi connectivity index (χ4v) is 2.78. The van der Waals surface area contributed by atoms with Crippen LogP contribution >= 0.6 is 12.2 Å². The predicted molar refractivity (Wildman–Crippen MR) is 92.3 cm³/mol. The molecule has 0 spiro atoms. The van der Waals surface area contributed by atoms with Gasteiger partial charge in [0.1, 0.15) is 6.04 Å². The summed E-state index contributed by atoms with van der Waals surface area (Å²) in [7, 11) is 1.52. The lowest BCUT2D eigenvalue weighted by Gasteiger charge is -2.18. The van der Waals surface area contributed by atoms with Gasteiger partial charge in [-0.25, -0.2) is 0 Å². The molecule has 1 aliphatic heterocycles. The standard InChI is InChI=1S/C16H19N3O4S/c1-9-15(21)19(16(24)17-9)11-5-6-12(22-2)13(7-11)23-8-14(20)18-10-3-4-10/h5-7,9-10H,3-4,8H2,1-2H3,(H,17,24)(H,18,20)/t9-/m0/s1. The summed E-state index contributed by atoms with van der Waals surface area (Å²) in [5.41, 5.74) is 0.570. The second-order valence-electron chi connectivity index (χ2n) is 5.81. The van der Waals surface area contributed by atoms with Crippen molar-refractivity contribution in [3.8, 4) is 11.5 Å². The number of carbonyl (C=O) groups is 2. The number of methoxy groups -OCH3 is 1. The van der Waals surface area contributed by atoms with Gasteiger partial charge in [0.15, 0.2) is 23.2 Å². The van der Waals surface area contributed by atoms with Crippen LogP contribution in [0, 0.1) is 0 Å². The zero-order valence-electron chi connectivity index (χ0n) is 13.5. The average molecular weight is 349 g/mol. The number of hydrogen-bond acceptors (Lipinski definition) is 5. The third kappa shape index (κ3) is 3.43. The lowest BCUT2D eigenvalue weighted by Crippen LogP contribution is -2.31. The molecule has 3 rings (SSSR count). The number of ether oxygens (including phenoxy) is 2. The third-order valence-corrected chi connectivity index (χ3v) is 4.14. The molecule has 128 valence electrons. The summed E-state index contributed by atoms with van der Waals surface area (Å²) in [6, 6.07) is 4.96. The highest BCUT2D eigenvalue weighted by Crippen LogP contribution is 2.33. The van der Waals surface area contributed by atoms with Gasteiger partial charge in [-0.05, 0) is 44.1 Å². The molecule has 7 nitrogen and oxygen atoms in total. The van der Waals surface area contributed by atoms with Gasteiger partial charge in [-0.2, -0.15) is 0 Å². The first kappa shape index (κ1) is 16.5. The molecule has 1 aromatic carbocycles. The van der Waals surface area contributed by atoms with Crippen LogP contribution in [0.3, 0.4) is 0 Å². The number of nitrogens with one attached hydrogen (secondary N) is 2. The van der Waals surface area contributed by atoms with Crippen LogP contribution < -0.4 is 25.0 Å². The smallest absolute Gasteiger partial charge is 0.258 e. The topological polar surface area (TPSA) is 79.9 Å². The van der Waals surface area contributed by atoms with E-state index < -0.39 is 0 Å². The first-order valence-electron chi connectivity index (χ1n) is 7.74. The van der Waals surface area contributed by atoms with Gasteiger partial charge in [-0.3, -0.25) is 14.5 Å². The first-order valence-corrected chi connectivity index (χ1v) is 8.15. The average Bonchev–Trinajstić information content (AvgIpc) is 3.32. The van der Waals surface area contributed by atoms with E-state index in [0.717, 1.165) is 12.8 Å². The van der Waals surface area contributed by atoms with Crippen molar-refractivity contribution in [2.75, 3.05) is 18.6 Å². The molecule has 0 bridgehead atoms. The minimum Gasteiger partial charge on any atom is -0.493 e. The van der Waals surface area contributed by atoms with Crippen molar-refractivity contribution < 1.29 is 19.1 Å². The van der Waals surface area contributed by atoms with Crippen molar-refractivity contribution in [3.63, 3.8) is 0 Å². The van der Waals surface area contributed by atoms with Crippen molar-refractivity contribution in [3.05, 3.63) is 18.2 Å². The van der Waals surface area contributed by atoms with Gasteiger partial charge in [0, 0.05) is 12.1 Å². The number of amides is 2. The van der Waals surface area contributed by atoms with Crippen LogP contribution in [0.5, 0.6) is 11.5 Å². The van der Waals surface area contributed by atoms with Gasteiger partial charge in [-0.1, -0.05) is 0 Å². The molecule has 1 atom stereocenters. The number of anilines is 1. The van der Waals surface area contributed by atoms with E-state index in [1.165, 1.54) is 12.0 Å². The second kappa shape index (κ2) is 6.64. The van der Waals surface area contributed by atoms with Crippen LogP contribution in [-0.2, 0) is 9.59 Å². The van der Waals surface area contributed by atoms with E-state index in [1.54, 1.807) is 25.1 Å². The Balaban J connectivity index is 1.76. The summed E-state index contributed by atoms with van der Waals surface area (Å²) in [5, 5.41) is 6.11. The normalized spacial score (nSPS) is 19.9. The quantitative estimate of drug-likeness (QED) is 0.745. The zero-order chi connectivity index (χ0) is 17.3. The molecule has 8 heteroatoms. The van der Waals surface area contributed by atoms with Gasteiger partial charge in [0.05, 0.1) is 12.8 Å². The van der Waals surface area contributed by atoms with Crippen LogP contribution in [0.1, 0.15) is 19.8 Å². The highest BCUT2D eigenvalue weighted by Gasteiger charge is 2.33. The van der Waals surface area contributed by atoms with E-state index in [1.807, 2.05) is 0 Å². The lowest BCUT2D eigenvalue weighted by molar-refractivity contribution is -0.123. The Morgan fingerprint density at radius 3 is 2.75 bits per heavy atom. The maximum atomic E-state index is 12.2. The Hall–Kier alpha value is -2.35. The Bertz CT molecular complexity index is 690. The Morgan fingerprint density at radius 1 is 1.42 bits per heavy atom.